The van der Waals surface area contributed by atoms with Crippen LogP contribution in [0.2, 0.25) is 0 Å². The van der Waals surface area contributed by atoms with E-state index in [0.717, 1.165) is 40.6 Å². The minimum Gasteiger partial charge on any atom is -0.497 e. The van der Waals surface area contributed by atoms with Gasteiger partial charge in [0.15, 0.2) is 11.6 Å². The van der Waals surface area contributed by atoms with Gasteiger partial charge in [0.2, 0.25) is 0 Å². The number of methoxy groups -OCH3 is 2. The molecule has 0 amide bonds. The first-order valence-corrected chi connectivity index (χ1v) is 13.8. The Hall–Kier alpha value is -4.78. The number of carbonyl (C=O) groups is 1. The van der Waals surface area contributed by atoms with Gasteiger partial charge in [0.05, 0.1) is 25.4 Å². The lowest BCUT2D eigenvalue weighted by Gasteiger charge is -2.21. The van der Waals surface area contributed by atoms with Crippen LogP contribution in [-0.2, 0) is 6.42 Å². The summed E-state index contributed by atoms with van der Waals surface area (Å²) in [5, 5.41) is 4.25. The Labute approximate surface area is 240 Å². The van der Waals surface area contributed by atoms with Crippen molar-refractivity contribution in [1.82, 2.24) is 15.0 Å². The third-order valence-electron chi connectivity index (χ3n) is 7.60. The summed E-state index contributed by atoms with van der Waals surface area (Å²) < 4.78 is 11.0. The fourth-order valence-electron chi connectivity index (χ4n) is 4.93. The molecule has 3 aromatic carbocycles. The highest BCUT2D eigenvalue weighted by molar-refractivity contribution is 6.04. The number of rotatable bonds is 11. The third kappa shape index (κ3) is 6.19. The van der Waals surface area contributed by atoms with Crippen molar-refractivity contribution in [1.29, 1.82) is 0 Å². The second-order valence-corrected chi connectivity index (χ2v) is 10.2. The summed E-state index contributed by atoms with van der Waals surface area (Å²) in [5.41, 5.74) is 4.03. The number of nitrogens with zero attached hydrogens (tertiary/aromatic N) is 3. The van der Waals surface area contributed by atoms with Crippen molar-refractivity contribution in [2.24, 2.45) is 11.8 Å². The molecular formula is C34H34N4O3. The number of aromatic nitrogens is 3. The highest BCUT2D eigenvalue weighted by Crippen LogP contribution is 2.33. The Morgan fingerprint density at radius 2 is 1.71 bits per heavy atom. The van der Waals surface area contributed by atoms with Gasteiger partial charge in [0, 0.05) is 34.8 Å². The number of fused-ring (bicyclic) bond motifs is 1. The number of pyridine rings is 1. The number of carbonyl (C=O) groups excluding carboxylic acids is 1. The molecule has 0 radical (unpaired) electrons. The van der Waals surface area contributed by atoms with Crippen LogP contribution in [0, 0.1) is 11.8 Å². The van der Waals surface area contributed by atoms with Gasteiger partial charge in [-0.3, -0.25) is 9.78 Å². The van der Waals surface area contributed by atoms with E-state index in [1.807, 2.05) is 79.7 Å². The largest absolute Gasteiger partial charge is 0.497 e. The highest BCUT2D eigenvalue weighted by atomic mass is 16.5. The zero-order valence-corrected chi connectivity index (χ0v) is 23.8. The average Bonchev–Trinajstić information content (AvgIpc) is 3.03. The van der Waals surface area contributed by atoms with E-state index in [4.69, 9.17) is 19.4 Å². The van der Waals surface area contributed by atoms with Gasteiger partial charge >= 0.3 is 0 Å². The van der Waals surface area contributed by atoms with E-state index < -0.39 is 0 Å². The number of aryl methyl sites for hydroxylation is 1. The average molecular weight is 547 g/mol. The van der Waals surface area contributed by atoms with Crippen LogP contribution in [-0.4, -0.2) is 35.0 Å². The fraction of sp³-hybridized carbons (Fsp3) is 0.235. The van der Waals surface area contributed by atoms with E-state index in [9.17, 15) is 4.79 Å². The molecule has 5 aromatic rings. The molecule has 0 saturated carbocycles. The van der Waals surface area contributed by atoms with E-state index in [-0.39, 0.29) is 17.6 Å². The molecule has 208 valence electrons. The molecule has 0 aliphatic carbocycles. The molecule has 0 saturated heterocycles. The lowest BCUT2D eigenvalue weighted by atomic mass is 9.84. The van der Waals surface area contributed by atoms with Crippen LogP contribution in [0.25, 0.3) is 22.3 Å². The molecule has 5 rings (SSSR count). The second kappa shape index (κ2) is 12.6. The lowest BCUT2D eigenvalue weighted by molar-refractivity contribution is 0.0890. The molecule has 0 spiro atoms. The van der Waals surface area contributed by atoms with Gasteiger partial charge in [-0.25, -0.2) is 9.97 Å². The Bertz CT molecular complexity index is 1660. The molecule has 0 bridgehead atoms. The normalized spacial score (nSPS) is 12.5. The molecule has 2 unspecified atom stereocenters. The predicted molar refractivity (Wildman–Crippen MR) is 163 cm³/mol. The zero-order chi connectivity index (χ0) is 28.8. The van der Waals surface area contributed by atoms with Gasteiger partial charge in [0.25, 0.3) is 0 Å². The van der Waals surface area contributed by atoms with E-state index in [0.29, 0.717) is 28.6 Å². The number of ether oxygens (including phenoxy) is 2. The molecule has 2 heterocycles. The first-order chi connectivity index (χ1) is 20.0. The number of ketones is 1. The van der Waals surface area contributed by atoms with E-state index in [1.54, 1.807) is 26.6 Å². The molecule has 0 fully saturated rings. The first kappa shape index (κ1) is 27.8. The van der Waals surface area contributed by atoms with E-state index >= 15 is 0 Å². The molecule has 7 heteroatoms. The summed E-state index contributed by atoms with van der Waals surface area (Å²) in [6.07, 6.45) is 5.16. The Morgan fingerprint density at radius 3 is 2.49 bits per heavy atom. The standard InChI is InChI=1S/C34H34N4O3/c1-22(15-16-24-10-5-8-14-31(24)41-4)23(2)32(39)27-12-6-7-13-29(27)37-34-28-20-26(40-3)17-18-30(28)36-33(38-34)25-11-9-19-35-21-25/h5-14,17-23H,15-16H2,1-4H3,(H,36,37,38). The predicted octanol–water partition coefficient (Wildman–Crippen LogP) is 7.54. The Balaban J connectivity index is 1.44. The summed E-state index contributed by atoms with van der Waals surface area (Å²) in [4.78, 5) is 27.7. The van der Waals surface area contributed by atoms with Gasteiger partial charge < -0.3 is 14.8 Å². The topological polar surface area (TPSA) is 86.2 Å². The van der Waals surface area contributed by atoms with Gasteiger partial charge in [-0.05, 0) is 72.9 Å². The molecule has 2 atom stereocenters. The molecule has 1 N–H and O–H groups in total. The molecule has 2 aromatic heterocycles. The first-order valence-electron chi connectivity index (χ1n) is 13.8. The maximum absolute atomic E-state index is 13.9. The molecule has 0 aliphatic heterocycles. The third-order valence-corrected chi connectivity index (χ3v) is 7.60. The quantitative estimate of drug-likeness (QED) is 0.171. The Kier molecular flexibility index (Phi) is 8.53. The van der Waals surface area contributed by atoms with Crippen molar-refractivity contribution in [2.45, 2.75) is 26.7 Å². The van der Waals surface area contributed by atoms with Crippen molar-refractivity contribution >= 4 is 28.2 Å². The van der Waals surface area contributed by atoms with Crippen molar-refractivity contribution in [3.8, 4) is 22.9 Å². The molecular weight excluding hydrogens is 512 g/mol. The smallest absolute Gasteiger partial charge is 0.168 e. The van der Waals surface area contributed by atoms with Gasteiger partial charge in [0.1, 0.15) is 17.3 Å². The minimum atomic E-state index is -0.180. The second-order valence-electron chi connectivity index (χ2n) is 10.2. The number of anilines is 2. The monoisotopic (exact) mass is 546 g/mol. The minimum absolute atomic E-state index is 0.0871. The fourth-order valence-corrected chi connectivity index (χ4v) is 4.93. The zero-order valence-electron chi connectivity index (χ0n) is 23.8. The summed E-state index contributed by atoms with van der Waals surface area (Å²) in [5.74, 6) is 2.78. The number of hydrogen-bond acceptors (Lipinski definition) is 7. The van der Waals surface area contributed by atoms with Gasteiger partial charge in [-0.2, -0.15) is 0 Å². The van der Waals surface area contributed by atoms with Crippen molar-refractivity contribution in [3.05, 3.63) is 102 Å². The number of nitrogens with one attached hydrogen (secondary N) is 1. The van der Waals surface area contributed by atoms with Crippen LogP contribution in [0.5, 0.6) is 11.5 Å². The van der Waals surface area contributed by atoms with E-state index in [1.165, 1.54) is 0 Å². The van der Waals surface area contributed by atoms with E-state index in [2.05, 4.69) is 23.3 Å². The van der Waals surface area contributed by atoms with Crippen LogP contribution in [0.1, 0.15) is 36.2 Å². The highest BCUT2D eigenvalue weighted by Gasteiger charge is 2.24. The van der Waals surface area contributed by atoms with Crippen molar-refractivity contribution in [3.63, 3.8) is 0 Å². The molecule has 0 aliphatic rings. The summed E-state index contributed by atoms with van der Waals surface area (Å²) >= 11 is 0. The van der Waals surface area contributed by atoms with Crippen LogP contribution in [0.3, 0.4) is 0 Å². The molecule has 41 heavy (non-hydrogen) atoms. The van der Waals surface area contributed by atoms with Crippen LogP contribution in [0.15, 0.2) is 91.3 Å². The van der Waals surface area contributed by atoms with Gasteiger partial charge in [-0.1, -0.05) is 44.2 Å². The maximum Gasteiger partial charge on any atom is 0.168 e. The maximum atomic E-state index is 13.9. The van der Waals surface area contributed by atoms with Crippen LogP contribution >= 0.6 is 0 Å². The number of hydrogen-bond donors (Lipinski definition) is 1. The van der Waals surface area contributed by atoms with Crippen molar-refractivity contribution < 1.29 is 14.3 Å². The van der Waals surface area contributed by atoms with Crippen molar-refractivity contribution in [2.75, 3.05) is 19.5 Å². The summed E-state index contributed by atoms with van der Waals surface area (Å²) in [6, 6.07) is 25.1. The summed E-state index contributed by atoms with van der Waals surface area (Å²) in [7, 11) is 3.32. The number of para-hydroxylation sites is 2. The SMILES string of the molecule is COc1ccc2nc(-c3cccnc3)nc(Nc3ccccc3C(=O)C(C)C(C)CCc3ccccc3OC)c2c1. The van der Waals surface area contributed by atoms with Crippen LogP contribution in [0.4, 0.5) is 11.5 Å². The molecule has 7 nitrogen and oxygen atoms in total. The number of Topliss-reactive ketones (excluding diaryl/α,β-unsaturated/α-hetero) is 1. The Morgan fingerprint density at radius 1 is 0.902 bits per heavy atom. The van der Waals surface area contributed by atoms with Crippen LogP contribution < -0.4 is 14.8 Å². The number of benzene rings is 3. The summed E-state index contributed by atoms with van der Waals surface area (Å²) in [6.45, 7) is 4.15. The lowest BCUT2D eigenvalue weighted by Crippen LogP contribution is -2.21. The van der Waals surface area contributed by atoms with Gasteiger partial charge in [-0.15, -0.1) is 0 Å².